The van der Waals surface area contributed by atoms with E-state index in [1.807, 2.05) is 0 Å². The Balaban J connectivity index is 3.27. The molecule has 0 amide bonds. The van der Waals surface area contributed by atoms with Gasteiger partial charge in [-0.05, 0) is 18.6 Å². The molecule has 0 radical (unpaired) electrons. The van der Waals surface area contributed by atoms with Crippen molar-refractivity contribution in [2.45, 2.75) is 18.4 Å². The molecule has 1 aromatic rings. The zero-order valence-corrected chi connectivity index (χ0v) is 8.05. The van der Waals surface area contributed by atoms with E-state index in [4.69, 9.17) is 5.14 Å². The molecule has 0 saturated carbocycles. The Labute approximate surface area is 79.8 Å². The van der Waals surface area contributed by atoms with Crippen LogP contribution in [0.15, 0.2) is 17.3 Å². The summed E-state index contributed by atoms with van der Waals surface area (Å²) in [5.74, 6) is 0. The van der Waals surface area contributed by atoms with Gasteiger partial charge in [0.05, 0.1) is 0 Å². The number of hydrogen-bond acceptors (Lipinski definition) is 3. The molecule has 0 aliphatic rings. The average Bonchev–Trinajstić information content (AvgIpc) is 2.01. The average molecular weight is 222 g/mol. The first-order chi connectivity index (χ1) is 6.32. The van der Waals surface area contributed by atoms with E-state index >= 15 is 0 Å². The van der Waals surface area contributed by atoms with E-state index in [9.17, 15) is 17.2 Å². The van der Waals surface area contributed by atoms with E-state index in [1.165, 1.54) is 6.92 Å². The smallest absolute Gasteiger partial charge is 0.243 e. The highest BCUT2D eigenvalue weighted by molar-refractivity contribution is 7.89. The number of primary sulfonamides is 1. The first kappa shape index (κ1) is 11.0. The third kappa shape index (κ3) is 2.24. The molecule has 1 rings (SSSR count). The summed E-state index contributed by atoms with van der Waals surface area (Å²) in [7, 11) is -3.92. The number of alkyl halides is 2. The third-order valence-electron chi connectivity index (χ3n) is 1.65. The lowest BCUT2D eigenvalue weighted by atomic mass is 10.2. The Morgan fingerprint density at radius 1 is 1.50 bits per heavy atom. The van der Waals surface area contributed by atoms with Crippen molar-refractivity contribution >= 4 is 10.0 Å². The highest BCUT2D eigenvalue weighted by atomic mass is 32.2. The van der Waals surface area contributed by atoms with Crippen LogP contribution in [-0.2, 0) is 10.0 Å². The largest absolute Gasteiger partial charge is 0.265 e. The maximum absolute atomic E-state index is 12.2. The molecule has 0 spiro atoms. The zero-order valence-electron chi connectivity index (χ0n) is 7.24. The van der Waals surface area contributed by atoms with Gasteiger partial charge in [-0.3, -0.25) is 0 Å². The van der Waals surface area contributed by atoms with E-state index in [0.29, 0.717) is 0 Å². The number of halogens is 2. The Morgan fingerprint density at radius 2 is 2.07 bits per heavy atom. The number of pyridine rings is 1. The van der Waals surface area contributed by atoms with Gasteiger partial charge in [0.25, 0.3) is 16.4 Å². The second-order valence-corrected chi connectivity index (χ2v) is 4.23. The van der Waals surface area contributed by atoms with E-state index in [0.717, 1.165) is 12.3 Å². The van der Waals surface area contributed by atoms with Crippen LogP contribution in [0.1, 0.15) is 17.6 Å². The summed E-state index contributed by atoms with van der Waals surface area (Å²) in [6.45, 7) is 1.37. The van der Waals surface area contributed by atoms with Crippen molar-refractivity contribution in [3.63, 3.8) is 0 Å². The van der Waals surface area contributed by atoms with Crippen LogP contribution in [0.5, 0.6) is 0 Å². The molecule has 78 valence electrons. The van der Waals surface area contributed by atoms with Gasteiger partial charge in [-0.15, -0.1) is 0 Å². The maximum atomic E-state index is 12.2. The normalized spacial score (nSPS) is 12.1. The predicted octanol–water partition coefficient (Wildman–Crippen LogP) is 0.975. The van der Waals surface area contributed by atoms with Gasteiger partial charge in [0, 0.05) is 11.8 Å². The van der Waals surface area contributed by atoms with Crippen molar-refractivity contribution in [3.8, 4) is 0 Å². The van der Waals surface area contributed by atoms with Crippen LogP contribution in [0.3, 0.4) is 0 Å². The van der Waals surface area contributed by atoms with Gasteiger partial charge in [0.2, 0.25) is 0 Å². The van der Waals surface area contributed by atoms with Crippen LogP contribution in [0.4, 0.5) is 8.78 Å². The fraction of sp³-hybridized carbons (Fsp3) is 0.286. The monoisotopic (exact) mass is 222 g/mol. The molecule has 1 heterocycles. The number of rotatable bonds is 2. The number of sulfonamides is 1. The topological polar surface area (TPSA) is 73.1 Å². The predicted molar refractivity (Wildman–Crippen MR) is 45.3 cm³/mol. The molecule has 0 atom stereocenters. The first-order valence-electron chi connectivity index (χ1n) is 3.60. The van der Waals surface area contributed by atoms with Crippen LogP contribution >= 0.6 is 0 Å². The maximum Gasteiger partial charge on any atom is 0.265 e. The van der Waals surface area contributed by atoms with Crippen LogP contribution in [0.2, 0.25) is 0 Å². The van der Waals surface area contributed by atoms with Crippen molar-refractivity contribution in [2.24, 2.45) is 5.14 Å². The van der Waals surface area contributed by atoms with Crippen molar-refractivity contribution in [1.29, 1.82) is 0 Å². The molecule has 7 heteroatoms. The number of aryl methyl sites for hydroxylation is 1. The van der Waals surface area contributed by atoms with Crippen molar-refractivity contribution in [3.05, 3.63) is 23.4 Å². The molecule has 0 fully saturated rings. The summed E-state index contributed by atoms with van der Waals surface area (Å²) in [6, 6.07) is 1.02. The summed E-state index contributed by atoms with van der Waals surface area (Å²) >= 11 is 0. The molecule has 0 aromatic carbocycles. The van der Waals surface area contributed by atoms with Crippen LogP contribution in [-0.4, -0.2) is 13.4 Å². The van der Waals surface area contributed by atoms with Gasteiger partial charge < -0.3 is 0 Å². The zero-order chi connectivity index (χ0) is 10.9. The summed E-state index contributed by atoms with van der Waals surface area (Å²) in [5.41, 5.74) is -0.142. The van der Waals surface area contributed by atoms with Gasteiger partial charge in [-0.25, -0.2) is 27.3 Å². The minimum absolute atomic E-state index is 0.152. The summed E-state index contributed by atoms with van der Waals surface area (Å²) in [4.78, 5) is 3.34. The van der Waals surface area contributed by atoms with Gasteiger partial charge >= 0.3 is 0 Å². The second-order valence-electron chi connectivity index (χ2n) is 2.72. The molecule has 0 bridgehead atoms. The van der Waals surface area contributed by atoms with E-state index in [2.05, 4.69) is 4.98 Å². The Bertz CT molecular complexity index is 445. The van der Waals surface area contributed by atoms with Crippen molar-refractivity contribution in [2.75, 3.05) is 0 Å². The lowest BCUT2D eigenvalue weighted by molar-refractivity contribution is 0.150. The van der Waals surface area contributed by atoms with Gasteiger partial charge in [-0.1, -0.05) is 0 Å². The van der Waals surface area contributed by atoms with Gasteiger partial charge in [-0.2, -0.15) is 0 Å². The number of nitrogens with zero attached hydrogens (tertiary/aromatic N) is 1. The molecule has 2 N–H and O–H groups in total. The lowest BCUT2D eigenvalue weighted by Gasteiger charge is -2.04. The Kier molecular flexibility index (Phi) is 2.81. The summed E-state index contributed by atoms with van der Waals surface area (Å²) in [5, 5.41) is 4.37. The molecule has 14 heavy (non-hydrogen) atoms. The third-order valence-corrected chi connectivity index (χ3v) is 2.46. The van der Waals surface area contributed by atoms with Crippen LogP contribution in [0, 0.1) is 6.92 Å². The highest BCUT2D eigenvalue weighted by Crippen LogP contribution is 2.22. The standard InChI is InChI=1S/C7H8F2N2O2S/c1-4-2-6(14(10,12)13)11-3-5(4)7(8)9/h2-3,7H,1H3,(H2,10,12,13). The minimum Gasteiger partial charge on any atom is -0.243 e. The minimum atomic E-state index is -3.92. The Hall–Kier alpha value is -1.08. The van der Waals surface area contributed by atoms with E-state index in [-0.39, 0.29) is 11.1 Å². The fourth-order valence-electron chi connectivity index (χ4n) is 0.925. The summed E-state index contributed by atoms with van der Waals surface area (Å²) < 4.78 is 46.1. The second kappa shape index (κ2) is 3.58. The molecular formula is C7H8F2N2O2S. The van der Waals surface area contributed by atoms with Crippen molar-refractivity contribution < 1.29 is 17.2 Å². The van der Waals surface area contributed by atoms with Gasteiger partial charge in [0.15, 0.2) is 5.03 Å². The van der Waals surface area contributed by atoms with Crippen LogP contribution in [0.25, 0.3) is 0 Å². The molecular weight excluding hydrogens is 214 g/mol. The number of nitrogens with two attached hydrogens (primary N) is 1. The molecule has 0 aliphatic carbocycles. The highest BCUT2D eigenvalue weighted by Gasteiger charge is 2.15. The van der Waals surface area contributed by atoms with E-state index < -0.39 is 21.5 Å². The Morgan fingerprint density at radius 3 is 2.43 bits per heavy atom. The van der Waals surface area contributed by atoms with Crippen LogP contribution < -0.4 is 5.14 Å². The number of hydrogen-bond donors (Lipinski definition) is 1. The molecule has 1 aromatic heterocycles. The van der Waals surface area contributed by atoms with E-state index in [1.54, 1.807) is 0 Å². The fourth-order valence-corrected chi connectivity index (χ4v) is 1.47. The number of aromatic nitrogens is 1. The molecule has 0 saturated heterocycles. The lowest BCUT2D eigenvalue weighted by Crippen LogP contribution is -2.14. The SMILES string of the molecule is Cc1cc(S(N)(=O)=O)ncc1C(F)F. The quantitative estimate of drug-likeness (QED) is 0.810. The van der Waals surface area contributed by atoms with Crippen molar-refractivity contribution in [1.82, 2.24) is 4.98 Å². The molecule has 0 unspecified atom stereocenters. The molecule has 4 nitrogen and oxygen atoms in total. The summed E-state index contributed by atoms with van der Waals surface area (Å²) in [6.07, 6.45) is -1.85. The molecule has 0 aliphatic heterocycles. The van der Waals surface area contributed by atoms with Gasteiger partial charge in [0.1, 0.15) is 0 Å². The first-order valence-corrected chi connectivity index (χ1v) is 5.14.